The van der Waals surface area contributed by atoms with Gasteiger partial charge in [-0.15, -0.1) is 0 Å². The second-order valence-electron chi connectivity index (χ2n) is 7.00. The summed E-state index contributed by atoms with van der Waals surface area (Å²) in [5.74, 6) is -0.0892. The number of carbonyl (C=O) groups is 1. The first-order valence-corrected chi connectivity index (χ1v) is 9.04. The summed E-state index contributed by atoms with van der Waals surface area (Å²) in [6.07, 6.45) is 3.04. The molecule has 1 aromatic heterocycles. The van der Waals surface area contributed by atoms with Gasteiger partial charge in [0, 0.05) is 34.3 Å². The van der Waals surface area contributed by atoms with Crippen LogP contribution in [0.15, 0.2) is 53.3 Å². The molecular weight excluding hydrogens is 338 g/mol. The van der Waals surface area contributed by atoms with Gasteiger partial charge in [-0.05, 0) is 68.1 Å². The number of rotatable bonds is 3. The molecule has 1 fully saturated rings. The number of aromatic amines is 1. The third-order valence-electron chi connectivity index (χ3n) is 5.23. The van der Waals surface area contributed by atoms with Crippen molar-refractivity contribution in [3.63, 3.8) is 0 Å². The molecule has 134 valence electrons. The van der Waals surface area contributed by atoms with Crippen LogP contribution in [0.25, 0.3) is 10.9 Å². The van der Waals surface area contributed by atoms with Crippen molar-refractivity contribution < 1.29 is 4.79 Å². The van der Waals surface area contributed by atoms with Gasteiger partial charge < -0.3 is 9.88 Å². The quantitative estimate of drug-likeness (QED) is 0.772. The van der Waals surface area contributed by atoms with E-state index in [1.54, 1.807) is 24.3 Å². The largest absolute Gasteiger partial charge is 0.322 e. The minimum absolute atomic E-state index is 0.0892. The van der Waals surface area contributed by atoms with Crippen LogP contribution < -0.4 is 10.5 Å². The third-order valence-corrected chi connectivity index (χ3v) is 5.23. The fraction of sp³-hybridized carbons (Fsp3) is 0.227. The van der Waals surface area contributed by atoms with Crippen LogP contribution in [0.1, 0.15) is 40.7 Å². The number of anilines is 1. The maximum absolute atomic E-state index is 13.3. The Labute approximate surface area is 156 Å². The second kappa shape index (κ2) is 6.73. The van der Waals surface area contributed by atoms with Crippen LogP contribution in [-0.4, -0.2) is 16.9 Å². The fourth-order valence-corrected chi connectivity index (χ4v) is 3.54. The number of fused-ring (bicyclic) bond motifs is 1. The van der Waals surface area contributed by atoms with Crippen molar-refractivity contribution in [2.24, 2.45) is 0 Å². The van der Waals surface area contributed by atoms with E-state index in [1.807, 2.05) is 36.1 Å². The molecular formula is C22H19N3O2. The summed E-state index contributed by atoms with van der Waals surface area (Å²) in [5.41, 5.74) is 3.28. The molecule has 4 rings (SSSR count). The molecule has 2 aromatic carbocycles. The first-order valence-electron chi connectivity index (χ1n) is 9.04. The lowest BCUT2D eigenvalue weighted by atomic mass is 9.90. The second-order valence-corrected chi connectivity index (χ2v) is 7.00. The molecule has 1 aliphatic rings. The average Bonchev–Trinajstić information content (AvgIpc) is 2.63. The topological polar surface area (TPSA) is 77.0 Å². The Balaban J connectivity index is 1.76. The van der Waals surface area contributed by atoms with E-state index < -0.39 is 0 Å². The Morgan fingerprint density at radius 1 is 1.15 bits per heavy atom. The van der Waals surface area contributed by atoms with E-state index in [-0.39, 0.29) is 17.5 Å². The lowest BCUT2D eigenvalue weighted by molar-refractivity contribution is 0.0964. The van der Waals surface area contributed by atoms with E-state index in [1.165, 1.54) is 0 Å². The maximum atomic E-state index is 13.3. The van der Waals surface area contributed by atoms with Crippen molar-refractivity contribution >= 4 is 22.5 Å². The number of pyridine rings is 1. The molecule has 0 radical (unpaired) electrons. The molecule has 27 heavy (non-hydrogen) atoms. The van der Waals surface area contributed by atoms with E-state index in [0.717, 1.165) is 35.9 Å². The smallest absolute Gasteiger partial charge is 0.258 e. The Hall–Kier alpha value is -3.39. The summed E-state index contributed by atoms with van der Waals surface area (Å²) >= 11 is 0. The highest BCUT2D eigenvalue weighted by atomic mass is 16.2. The van der Waals surface area contributed by atoms with Gasteiger partial charge in [0.25, 0.3) is 5.91 Å². The van der Waals surface area contributed by atoms with E-state index in [2.05, 4.69) is 11.1 Å². The van der Waals surface area contributed by atoms with Crippen LogP contribution in [-0.2, 0) is 0 Å². The van der Waals surface area contributed by atoms with Gasteiger partial charge in [0.2, 0.25) is 5.56 Å². The van der Waals surface area contributed by atoms with Crippen LogP contribution in [0.5, 0.6) is 0 Å². The lowest BCUT2D eigenvalue weighted by Gasteiger charge is -2.37. The van der Waals surface area contributed by atoms with Gasteiger partial charge in [0.05, 0.1) is 11.6 Å². The number of hydrogen-bond acceptors (Lipinski definition) is 3. The minimum atomic E-state index is -0.174. The molecule has 0 saturated heterocycles. The first kappa shape index (κ1) is 17.0. The highest BCUT2D eigenvalue weighted by Gasteiger charge is 2.30. The Morgan fingerprint density at radius 3 is 2.52 bits per heavy atom. The van der Waals surface area contributed by atoms with Crippen molar-refractivity contribution in [3.8, 4) is 6.07 Å². The Morgan fingerprint density at radius 2 is 1.89 bits per heavy atom. The highest BCUT2D eigenvalue weighted by molar-refractivity contribution is 6.08. The summed E-state index contributed by atoms with van der Waals surface area (Å²) in [6, 6.07) is 16.4. The van der Waals surface area contributed by atoms with Gasteiger partial charge in [-0.1, -0.05) is 6.07 Å². The predicted molar refractivity (Wildman–Crippen MR) is 105 cm³/mol. The molecule has 1 N–H and O–H groups in total. The minimum Gasteiger partial charge on any atom is -0.322 e. The molecule has 1 heterocycles. The molecule has 0 spiro atoms. The third kappa shape index (κ3) is 3.11. The summed E-state index contributed by atoms with van der Waals surface area (Å²) in [4.78, 5) is 29.7. The normalized spacial score (nSPS) is 13.8. The number of carbonyl (C=O) groups excluding carboxylic acids is 1. The molecule has 0 aliphatic heterocycles. The summed E-state index contributed by atoms with van der Waals surface area (Å²) < 4.78 is 0. The van der Waals surface area contributed by atoms with E-state index in [0.29, 0.717) is 16.6 Å². The number of aryl methyl sites for hydroxylation is 1. The van der Waals surface area contributed by atoms with E-state index >= 15 is 0 Å². The van der Waals surface area contributed by atoms with Crippen molar-refractivity contribution in [3.05, 3.63) is 75.6 Å². The van der Waals surface area contributed by atoms with Crippen molar-refractivity contribution in [2.45, 2.75) is 32.2 Å². The van der Waals surface area contributed by atoms with Crippen LogP contribution in [0.2, 0.25) is 0 Å². The predicted octanol–water partition coefficient (Wildman–Crippen LogP) is 3.91. The Kier molecular flexibility index (Phi) is 4.25. The molecule has 0 unspecified atom stereocenters. The van der Waals surface area contributed by atoms with Gasteiger partial charge in [0.1, 0.15) is 0 Å². The van der Waals surface area contributed by atoms with Crippen molar-refractivity contribution in [2.75, 3.05) is 4.90 Å². The van der Waals surface area contributed by atoms with E-state index in [4.69, 9.17) is 5.26 Å². The SMILES string of the molecule is Cc1cc(=O)[nH]c2cc(C(=O)N(c3ccc(C#N)cc3)C3CCC3)ccc12. The zero-order chi connectivity index (χ0) is 19.0. The summed E-state index contributed by atoms with van der Waals surface area (Å²) in [5, 5.41) is 9.94. The van der Waals surface area contributed by atoms with Crippen LogP contribution in [0.4, 0.5) is 5.69 Å². The van der Waals surface area contributed by atoms with Gasteiger partial charge in [-0.2, -0.15) is 5.26 Å². The van der Waals surface area contributed by atoms with Crippen LogP contribution in [0.3, 0.4) is 0 Å². The number of nitrogens with one attached hydrogen (secondary N) is 1. The molecule has 1 aliphatic carbocycles. The van der Waals surface area contributed by atoms with Crippen molar-refractivity contribution in [1.29, 1.82) is 5.26 Å². The molecule has 3 aromatic rings. The molecule has 0 atom stereocenters. The average molecular weight is 357 g/mol. The van der Waals surface area contributed by atoms with Gasteiger partial charge >= 0.3 is 0 Å². The van der Waals surface area contributed by atoms with Crippen molar-refractivity contribution in [1.82, 2.24) is 4.98 Å². The molecule has 1 saturated carbocycles. The fourth-order valence-electron chi connectivity index (χ4n) is 3.54. The molecule has 0 bridgehead atoms. The maximum Gasteiger partial charge on any atom is 0.258 e. The Bertz CT molecular complexity index is 1120. The van der Waals surface area contributed by atoms with E-state index in [9.17, 15) is 9.59 Å². The number of amides is 1. The number of nitrogens with zero attached hydrogens (tertiary/aromatic N) is 2. The first-order chi connectivity index (χ1) is 13.1. The zero-order valence-electron chi connectivity index (χ0n) is 15.0. The lowest BCUT2D eigenvalue weighted by Crippen LogP contribution is -2.44. The number of aromatic nitrogens is 1. The van der Waals surface area contributed by atoms with Gasteiger partial charge in [-0.3, -0.25) is 9.59 Å². The number of H-pyrrole nitrogens is 1. The van der Waals surface area contributed by atoms with Gasteiger partial charge in [-0.25, -0.2) is 0 Å². The number of nitriles is 1. The summed E-state index contributed by atoms with van der Waals surface area (Å²) in [6.45, 7) is 1.89. The molecule has 5 heteroatoms. The molecule has 1 amide bonds. The van der Waals surface area contributed by atoms with Crippen LogP contribution >= 0.6 is 0 Å². The highest BCUT2D eigenvalue weighted by Crippen LogP contribution is 2.31. The number of benzene rings is 2. The number of hydrogen-bond donors (Lipinski definition) is 1. The monoisotopic (exact) mass is 357 g/mol. The molecule has 5 nitrogen and oxygen atoms in total. The zero-order valence-corrected chi connectivity index (χ0v) is 15.0. The van der Waals surface area contributed by atoms with Gasteiger partial charge in [0.15, 0.2) is 0 Å². The summed E-state index contributed by atoms with van der Waals surface area (Å²) in [7, 11) is 0. The standard InChI is InChI=1S/C22H19N3O2/c1-14-11-21(26)24-20-12-16(7-10-19(14)20)22(27)25(17-3-2-4-17)18-8-5-15(13-23)6-9-18/h5-12,17H,2-4H2,1H3,(H,24,26). The van der Waals surface area contributed by atoms with Crippen LogP contribution in [0, 0.1) is 18.3 Å².